The lowest BCUT2D eigenvalue weighted by atomic mass is 10.1. The Hall–Kier alpha value is -1.62. The number of hydrogen-bond acceptors (Lipinski definition) is 4. The molecule has 0 unspecified atom stereocenters. The van der Waals surface area contributed by atoms with E-state index in [0.29, 0.717) is 24.8 Å². The van der Waals surface area contributed by atoms with Crippen LogP contribution < -0.4 is 5.73 Å². The highest BCUT2D eigenvalue weighted by Gasteiger charge is 2.36. The van der Waals surface area contributed by atoms with Crippen molar-refractivity contribution in [2.45, 2.75) is 25.3 Å². The molecular formula is C12H16N4O. The van der Waals surface area contributed by atoms with Gasteiger partial charge in [-0.1, -0.05) is 5.16 Å². The molecule has 2 aromatic heterocycles. The smallest absolute Gasteiger partial charge is 0.227 e. The lowest BCUT2D eigenvalue weighted by Gasteiger charge is -2.13. The second-order valence-corrected chi connectivity index (χ2v) is 4.50. The van der Waals surface area contributed by atoms with Gasteiger partial charge >= 0.3 is 0 Å². The quantitative estimate of drug-likeness (QED) is 0.845. The molecule has 0 spiro atoms. The Bertz CT molecular complexity index is 472. The van der Waals surface area contributed by atoms with E-state index in [0.717, 1.165) is 5.82 Å². The Morgan fingerprint density at radius 3 is 2.82 bits per heavy atom. The molecule has 1 fully saturated rings. The Morgan fingerprint density at radius 1 is 1.41 bits per heavy atom. The van der Waals surface area contributed by atoms with Gasteiger partial charge in [-0.15, -0.1) is 0 Å². The van der Waals surface area contributed by atoms with Crippen molar-refractivity contribution in [2.75, 3.05) is 6.54 Å². The Labute approximate surface area is 99.6 Å². The molecule has 1 saturated carbocycles. The van der Waals surface area contributed by atoms with Gasteiger partial charge in [-0.25, -0.2) is 0 Å². The molecule has 90 valence electrons. The number of nitrogens with two attached hydrogens (primary N) is 1. The molecule has 0 amide bonds. The molecule has 0 aliphatic heterocycles. The number of rotatable bonds is 5. The maximum atomic E-state index is 5.48. The van der Waals surface area contributed by atoms with Crippen molar-refractivity contribution in [3.05, 3.63) is 36.2 Å². The Balaban J connectivity index is 1.87. The van der Waals surface area contributed by atoms with Crippen LogP contribution in [0.5, 0.6) is 0 Å². The van der Waals surface area contributed by atoms with Crippen LogP contribution in [0.25, 0.3) is 0 Å². The molecule has 5 nitrogen and oxygen atoms in total. The minimum atomic E-state index is 0.222. The fourth-order valence-electron chi connectivity index (χ4n) is 2.15. The second kappa shape index (κ2) is 4.33. The van der Waals surface area contributed by atoms with Crippen LogP contribution in [-0.2, 0) is 6.42 Å². The first-order valence-corrected chi connectivity index (χ1v) is 6.03. The van der Waals surface area contributed by atoms with Crippen molar-refractivity contribution in [1.82, 2.24) is 14.7 Å². The molecule has 3 rings (SSSR count). The zero-order valence-electron chi connectivity index (χ0n) is 9.62. The maximum absolute atomic E-state index is 5.48. The van der Waals surface area contributed by atoms with Crippen LogP contribution >= 0.6 is 0 Å². The molecular weight excluding hydrogens is 216 g/mol. The molecule has 1 atom stereocenters. The molecule has 1 aliphatic rings. The summed E-state index contributed by atoms with van der Waals surface area (Å²) in [6.45, 7) is 0.541. The first-order chi connectivity index (χ1) is 8.38. The van der Waals surface area contributed by atoms with E-state index in [4.69, 9.17) is 10.3 Å². The van der Waals surface area contributed by atoms with Gasteiger partial charge in [0.2, 0.25) is 5.89 Å². The van der Waals surface area contributed by atoms with Crippen LogP contribution in [0.4, 0.5) is 0 Å². The Kier molecular flexibility index (Phi) is 2.68. The summed E-state index contributed by atoms with van der Waals surface area (Å²) in [7, 11) is 0. The largest absolute Gasteiger partial charge is 0.343 e. The van der Waals surface area contributed by atoms with E-state index in [9.17, 15) is 0 Å². The van der Waals surface area contributed by atoms with E-state index in [1.54, 1.807) is 0 Å². The molecule has 0 bridgehead atoms. The van der Waals surface area contributed by atoms with Crippen LogP contribution in [-0.4, -0.2) is 21.3 Å². The lowest BCUT2D eigenvalue weighted by molar-refractivity contribution is 0.363. The van der Waals surface area contributed by atoms with Gasteiger partial charge < -0.3 is 14.8 Å². The normalized spacial score (nSPS) is 17.2. The molecule has 17 heavy (non-hydrogen) atoms. The van der Waals surface area contributed by atoms with Gasteiger partial charge in [-0.3, -0.25) is 0 Å². The predicted molar refractivity (Wildman–Crippen MR) is 62.4 cm³/mol. The van der Waals surface area contributed by atoms with E-state index in [1.807, 2.05) is 12.1 Å². The molecule has 0 saturated heterocycles. The van der Waals surface area contributed by atoms with Crippen molar-refractivity contribution in [3.63, 3.8) is 0 Å². The van der Waals surface area contributed by atoms with E-state index in [1.165, 1.54) is 12.8 Å². The van der Waals surface area contributed by atoms with Crippen molar-refractivity contribution < 1.29 is 4.52 Å². The average molecular weight is 232 g/mol. The summed E-state index contributed by atoms with van der Waals surface area (Å²) in [6, 6.07) is 4.27. The van der Waals surface area contributed by atoms with Crippen LogP contribution in [0, 0.1) is 5.92 Å². The van der Waals surface area contributed by atoms with Gasteiger partial charge in [0.25, 0.3) is 0 Å². The third kappa shape index (κ3) is 2.10. The van der Waals surface area contributed by atoms with Gasteiger partial charge in [0.15, 0.2) is 5.82 Å². The summed E-state index contributed by atoms with van der Waals surface area (Å²) in [5.41, 5.74) is 5.48. The Morgan fingerprint density at radius 2 is 2.18 bits per heavy atom. The van der Waals surface area contributed by atoms with Crippen molar-refractivity contribution in [2.24, 2.45) is 11.7 Å². The topological polar surface area (TPSA) is 69.9 Å². The van der Waals surface area contributed by atoms with Gasteiger partial charge in [0.05, 0.1) is 6.04 Å². The summed E-state index contributed by atoms with van der Waals surface area (Å²) in [5, 5.41) is 4.09. The van der Waals surface area contributed by atoms with Gasteiger partial charge in [-0.05, 0) is 30.9 Å². The summed E-state index contributed by atoms with van der Waals surface area (Å²) in [5.74, 6) is 2.07. The van der Waals surface area contributed by atoms with Crippen molar-refractivity contribution >= 4 is 0 Å². The maximum Gasteiger partial charge on any atom is 0.227 e. The number of aromatic nitrogens is 3. The second-order valence-electron chi connectivity index (χ2n) is 4.50. The third-order valence-electron chi connectivity index (χ3n) is 3.12. The monoisotopic (exact) mass is 232 g/mol. The average Bonchev–Trinajstić information content (AvgIpc) is 2.82. The summed E-state index contributed by atoms with van der Waals surface area (Å²) in [4.78, 5) is 4.44. The predicted octanol–water partition coefficient (Wildman–Crippen LogP) is 1.37. The highest BCUT2D eigenvalue weighted by Crippen LogP contribution is 2.42. The minimum Gasteiger partial charge on any atom is -0.343 e. The van der Waals surface area contributed by atoms with Crippen molar-refractivity contribution in [3.8, 4) is 0 Å². The SMILES string of the molecule is NCCc1nc([C@H](C2CC2)n2cccc2)no1. The highest BCUT2D eigenvalue weighted by atomic mass is 16.5. The molecule has 2 N–H and O–H groups in total. The minimum absolute atomic E-state index is 0.222. The van der Waals surface area contributed by atoms with Gasteiger partial charge in [0, 0.05) is 25.4 Å². The molecule has 2 aromatic rings. The fourth-order valence-corrected chi connectivity index (χ4v) is 2.15. The molecule has 5 heteroatoms. The zero-order valence-corrected chi connectivity index (χ0v) is 9.62. The van der Waals surface area contributed by atoms with Crippen molar-refractivity contribution in [1.29, 1.82) is 0 Å². The van der Waals surface area contributed by atoms with Gasteiger partial charge in [-0.2, -0.15) is 4.98 Å². The number of hydrogen-bond donors (Lipinski definition) is 1. The van der Waals surface area contributed by atoms with Gasteiger partial charge in [0.1, 0.15) is 0 Å². The summed E-state index contributed by atoms with van der Waals surface area (Å²) < 4.78 is 7.37. The number of nitrogens with zero attached hydrogens (tertiary/aromatic N) is 3. The molecule has 1 aliphatic carbocycles. The van der Waals surface area contributed by atoms with E-state index in [-0.39, 0.29) is 6.04 Å². The highest BCUT2D eigenvalue weighted by molar-refractivity contribution is 5.07. The third-order valence-corrected chi connectivity index (χ3v) is 3.12. The standard InChI is InChI=1S/C12H16N4O/c13-6-5-10-14-12(15-17-10)11(9-3-4-9)16-7-1-2-8-16/h1-2,7-9,11H,3-6,13H2/t11-/m0/s1. The molecule has 2 heterocycles. The van der Waals surface area contributed by atoms with E-state index in [2.05, 4.69) is 27.1 Å². The zero-order chi connectivity index (χ0) is 11.7. The first-order valence-electron chi connectivity index (χ1n) is 6.03. The van der Waals surface area contributed by atoms with Crippen LogP contribution in [0.3, 0.4) is 0 Å². The lowest BCUT2D eigenvalue weighted by Crippen LogP contribution is -2.13. The van der Waals surface area contributed by atoms with Crippen LogP contribution in [0.2, 0.25) is 0 Å². The van der Waals surface area contributed by atoms with Crippen LogP contribution in [0.1, 0.15) is 30.6 Å². The first kappa shape index (κ1) is 10.5. The molecule has 0 aromatic carbocycles. The van der Waals surface area contributed by atoms with E-state index < -0.39 is 0 Å². The summed E-state index contributed by atoms with van der Waals surface area (Å²) in [6.07, 6.45) is 7.24. The van der Waals surface area contributed by atoms with E-state index >= 15 is 0 Å². The fraction of sp³-hybridized carbons (Fsp3) is 0.500. The van der Waals surface area contributed by atoms with Crippen LogP contribution in [0.15, 0.2) is 29.0 Å². The molecule has 0 radical (unpaired) electrons. The summed E-state index contributed by atoms with van der Waals surface area (Å²) >= 11 is 0.